The van der Waals surface area contributed by atoms with E-state index in [1.165, 1.54) is 14.2 Å². The Morgan fingerprint density at radius 3 is 1.79 bits per heavy atom. The number of nitrogens with one attached hydrogen (secondary N) is 3. The Kier molecular flexibility index (Phi) is 10.9. The number of carbonyl (C=O) groups is 4. The van der Waals surface area contributed by atoms with Crippen LogP contribution in [0.1, 0.15) is 68.8 Å². The van der Waals surface area contributed by atoms with Gasteiger partial charge in [0.2, 0.25) is 11.8 Å². The number of hydrogen-bond acceptors (Lipinski definition) is 12. The zero-order valence-corrected chi connectivity index (χ0v) is 38.2. The fourth-order valence-electron chi connectivity index (χ4n) is 11.9. The van der Waals surface area contributed by atoms with Crippen molar-refractivity contribution < 1.29 is 38.1 Å². The van der Waals surface area contributed by atoms with Crippen LogP contribution in [-0.2, 0) is 35.0 Å². The number of nitrogens with zero attached hydrogens (tertiary/aromatic N) is 6. The molecule has 352 valence electrons. The molecular weight excluding hydrogens is 867 g/mol. The van der Waals surface area contributed by atoms with Gasteiger partial charge < -0.3 is 44.4 Å². The second-order valence-corrected chi connectivity index (χ2v) is 19.7. The number of alkyl carbamates (subject to hydrolysis) is 2. The number of piperidine rings is 2. The number of fused-ring (bicyclic) bond motifs is 5. The number of rotatable bonds is 10. The van der Waals surface area contributed by atoms with Crippen LogP contribution in [0.25, 0.3) is 44.3 Å². The van der Waals surface area contributed by atoms with Gasteiger partial charge in [-0.3, -0.25) is 24.5 Å². The molecule has 6 fully saturated rings. The van der Waals surface area contributed by atoms with Gasteiger partial charge in [-0.25, -0.2) is 14.6 Å². The number of aliphatic imine (C=N–C) groups is 1. The first kappa shape index (κ1) is 42.9. The van der Waals surface area contributed by atoms with Crippen LogP contribution >= 0.6 is 0 Å². The highest BCUT2D eigenvalue weighted by Gasteiger charge is 2.58. The average Bonchev–Trinajstić information content (AvgIpc) is 4.04. The maximum atomic E-state index is 14.4. The molecule has 3 N–H and O–H groups in total. The summed E-state index contributed by atoms with van der Waals surface area (Å²) in [4.78, 5) is 81.0. The maximum absolute atomic E-state index is 14.4. The zero-order chi connectivity index (χ0) is 46.2. The number of pyridine rings is 2. The molecule has 8 atom stereocenters. The van der Waals surface area contributed by atoms with Gasteiger partial charge >= 0.3 is 12.2 Å². The molecule has 0 unspecified atom stereocenters. The Morgan fingerprint density at radius 2 is 1.21 bits per heavy atom. The van der Waals surface area contributed by atoms with Gasteiger partial charge in [0, 0.05) is 74.2 Å². The van der Waals surface area contributed by atoms with Crippen LogP contribution in [0.15, 0.2) is 65.9 Å². The van der Waals surface area contributed by atoms with E-state index in [0.29, 0.717) is 70.4 Å². The van der Waals surface area contributed by atoms with Crippen LogP contribution < -0.4 is 10.6 Å². The number of H-pyrrole nitrogens is 1. The van der Waals surface area contributed by atoms with Gasteiger partial charge in [0.25, 0.3) is 0 Å². The van der Waals surface area contributed by atoms with E-state index in [2.05, 4.69) is 52.0 Å². The highest BCUT2D eigenvalue weighted by molar-refractivity contribution is 6.02. The number of benzene rings is 2. The summed E-state index contributed by atoms with van der Waals surface area (Å²) in [6.45, 7) is 2.25. The third-order valence-electron chi connectivity index (χ3n) is 15.8. The maximum Gasteiger partial charge on any atom is 0.407 e. The molecule has 17 nitrogen and oxygen atoms in total. The van der Waals surface area contributed by atoms with Gasteiger partial charge in [-0.2, -0.15) is 0 Å². The lowest BCUT2D eigenvalue weighted by Crippen LogP contribution is -2.56. The molecule has 0 bridgehead atoms. The zero-order valence-electron chi connectivity index (χ0n) is 38.2. The molecule has 12 rings (SSSR count). The first-order chi connectivity index (χ1) is 33.2. The topological polar surface area (TPSA) is 203 Å². The number of hydrogen-bond donors (Lipinski definition) is 3. The van der Waals surface area contributed by atoms with E-state index in [0.717, 1.165) is 92.8 Å². The van der Waals surface area contributed by atoms with Crippen molar-refractivity contribution in [3.05, 3.63) is 72.3 Å². The Balaban J connectivity index is 0.743. The van der Waals surface area contributed by atoms with E-state index < -0.39 is 24.3 Å². The summed E-state index contributed by atoms with van der Waals surface area (Å²) in [5.41, 5.74) is 10.1. The molecule has 4 amide bonds. The molecule has 5 aromatic rings. The SMILES string of the molecule is COC(=O)N[C@H](C(=O)N1[C@@H]2C[C@@H]2C[C@H]1C1=Nc2ccc(-c3cnc4cc(-c5ccc6nc([C@@H]7C[C@H]8C[C@H]8N7C(=O)[C@@H](NC(=O)OC)C7CCOCC7)[nH]c6c5)cnc4c3)cc2C1)C1CCOCC1. The average molecular weight is 922 g/mol. The molecule has 8 heterocycles. The number of aromatic nitrogens is 4. The monoisotopic (exact) mass is 921 g/mol. The fourth-order valence-corrected chi connectivity index (χ4v) is 11.9. The second-order valence-electron chi connectivity index (χ2n) is 19.7. The van der Waals surface area contributed by atoms with Crippen molar-refractivity contribution in [2.45, 2.75) is 94.0 Å². The lowest BCUT2D eigenvalue weighted by molar-refractivity contribution is -0.138. The van der Waals surface area contributed by atoms with Gasteiger partial charge in [-0.05, 0) is 128 Å². The normalized spacial score (nSPS) is 26.1. The summed E-state index contributed by atoms with van der Waals surface area (Å²) in [6, 6.07) is 15.1. The molecule has 17 heteroatoms. The van der Waals surface area contributed by atoms with Gasteiger partial charge in [-0.1, -0.05) is 12.1 Å². The third-order valence-corrected chi connectivity index (χ3v) is 15.8. The molecule has 2 aliphatic carbocycles. The molecule has 7 aliphatic rings. The number of carbonyl (C=O) groups excluding carboxylic acids is 4. The highest BCUT2D eigenvalue weighted by Crippen LogP contribution is 2.54. The van der Waals surface area contributed by atoms with Gasteiger partial charge in [0.15, 0.2) is 0 Å². The minimum Gasteiger partial charge on any atom is -0.453 e. The molecule has 0 spiro atoms. The smallest absolute Gasteiger partial charge is 0.407 e. The first-order valence-electron chi connectivity index (χ1n) is 24.2. The van der Waals surface area contributed by atoms with E-state index in [1.807, 2.05) is 34.3 Å². The van der Waals surface area contributed by atoms with E-state index in [1.54, 1.807) is 0 Å². The van der Waals surface area contributed by atoms with Crippen molar-refractivity contribution in [3.63, 3.8) is 0 Å². The lowest BCUT2D eigenvalue weighted by Gasteiger charge is -2.36. The minimum atomic E-state index is -0.689. The number of aromatic amines is 1. The summed E-state index contributed by atoms with van der Waals surface area (Å²) in [5, 5.41) is 5.74. The van der Waals surface area contributed by atoms with E-state index in [-0.39, 0.29) is 47.8 Å². The molecule has 68 heavy (non-hydrogen) atoms. The van der Waals surface area contributed by atoms with Crippen molar-refractivity contribution in [2.75, 3.05) is 40.6 Å². The van der Waals surface area contributed by atoms with Crippen LogP contribution in [0.2, 0.25) is 0 Å². The largest absolute Gasteiger partial charge is 0.453 e. The highest BCUT2D eigenvalue weighted by atomic mass is 16.5. The van der Waals surface area contributed by atoms with Crippen molar-refractivity contribution in [2.24, 2.45) is 28.7 Å². The predicted octanol–water partition coefficient (Wildman–Crippen LogP) is 6.42. The molecule has 2 aromatic carbocycles. The lowest BCUT2D eigenvalue weighted by atomic mass is 9.90. The summed E-state index contributed by atoms with van der Waals surface area (Å²) in [5.74, 6) is 1.44. The Morgan fingerprint density at radius 1 is 0.662 bits per heavy atom. The van der Waals surface area contributed by atoms with Crippen molar-refractivity contribution in [3.8, 4) is 22.3 Å². The molecule has 3 aromatic heterocycles. The summed E-state index contributed by atoms with van der Waals surface area (Å²) in [6.07, 6.45) is 9.66. The standard InChI is InChI=1S/C51H55N9O8/c1-65-50(63)57-45(26-7-11-67-12-8-26)48(61)59-41-20-31(41)22-43(59)40-17-30-15-28(3-5-35(30)54-40)33-18-37-38(52-24-33)19-34(25-53-37)29-4-6-36-39(16-29)56-47(55-36)44-23-32-21-42(32)60(44)49(62)46(58-51(64)66-2)27-9-13-68-14-10-27/h3-6,15-16,18-19,24-27,31-32,41-46H,7-14,17,20-23H2,1-2H3,(H,55,56)(H,57,63)(H,58,64)/t31-,32-,41-,42-,43+,44+,45+,46+/m1/s1. The molecule has 0 radical (unpaired) electrons. The molecule has 5 aliphatic heterocycles. The number of methoxy groups -OCH3 is 2. The van der Waals surface area contributed by atoms with Crippen LogP contribution in [0, 0.1) is 23.7 Å². The van der Waals surface area contributed by atoms with Crippen molar-refractivity contribution in [1.82, 2.24) is 40.4 Å². The fraction of sp³-hybridized carbons (Fsp3) is 0.490. The van der Waals surface area contributed by atoms with Gasteiger partial charge in [0.05, 0.1) is 54.1 Å². The summed E-state index contributed by atoms with van der Waals surface area (Å²) >= 11 is 0. The molecule has 2 saturated carbocycles. The summed E-state index contributed by atoms with van der Waals surface area (Å²) < 4.78 is 21.0. The van der Waals surface area contributed by atoms with Crippen LogP contribution in [-0.4, -0.2) is 130 Å². The number of imidazole rings is 1. The van der Waals surface area contributed by atoms with Crippen LogP contribution in [0.3, 0.4) is 0 Å². The molecular formula is C51H55N9O8. The number of amides is 4. The third kappa shape index (κ3) is 7.82. The van der Waals surface area contributed by atoms with E-state index in [4.69, 9.17) is 38.9 Å². The minimum absolute atomic E-state index is 0.0160. The van der Waals surface area contributed by atoms with Crippen LogP contribution in [0.4, 0.5) is 15.3 Å². The Hall–Kier alpha value is -6.46. The van der Waals surface area contributed by atoms with Crippen LogP contribution in [0.5, 0.6) is 0 Å². The quantitative estimate of drug-likeness (QED) is 0.140. The van der Waals surface area contributed by atoms with Gasteiger partial charge in [-0.15, -0.1) is 0 Å². The Bertz CT molecular complexity index is 2870. The number of ether oxygens (including phenoxy) is 4. The van der Waals surface area contributed by atoms with Crippen molar-refractivity contribution in [1.29, 1.82) is 0 Å². The van der Waals surface area contributed by atoms with Crippen molar-refractivity contribution >= 4 is 57.5 Å². The van der Waals surface area contributed by atoms with E-state index in [9.17, 15) is 19.2 Å². The number of likely N-dealkylation sites (tertiary alicyclic amines) is 2. The van der Waals surface area contributed by atoms with Gasteiger partial charge in [0.1, 0.15) is 17.9 Å². The van der Waals surface area contributed by atoms with E-state index >= 15 is 0 Å². The predicted molar refractivity (Wildman–Crippen MR) is 250 cm³/mol. The Labute approximate surface area is 392 Å². The first-order valence-corrected chi connectivity index (χ1v) is 24.2. The summed E-state index contributed by atoms with van der Waals surface area (Å²) in [7, 11) is 2.65. The second kappa shape index (κ2) is 17.3. The molecule has 4 saturated heterocycles.